The van der Waals surface area contributed by atoms with Crippen LogP contribution in [0.1, 0.15) is 11.1 Å². The SMILES string of the molecule is OCC(O)CN1Cc2ccccc2Oc2ccc(Cl)cc2C1. The third-order valence-electron chi connectivity index (χ3n) is 3.68. The quantitative estimate of drug-likeness (QED) is 0.913. The van der Waals surface area contributed by atoms with Gasteiger partial charge in [-0.1, -0.05) is 29.8 Å². The van der Waals surface area contributed by atoms with Crippen LogP contribution in [0.2, 0.25) is 5.02 Å². The van der Waals surface area contributed by atoms with Gasteiger partial charge in [-0.25, -0.2) is 0 Å². The summed E-state index contributed by atoms with van der Waals surface area (Å²) in [6, 6.07) is 13.4. The van der Waals surface area contributed by atoms with Crippen molar-refractivity contribution in [1.82, 2.24) is 4.90 Å². The minimum absolute atomic E-state index is 0.253. The summed E-state index contributed by atoms with van der Waals surface area (Å²) >= 11 is 6.09. The number of aliphatic hydroxyl groups excluding tert-OH is 2. The highest BCUT2D eigenvalue weighted by Gasteiger charge is 2.20. The van der Waals surface area contributed by atoms with Crippen molar-refractivity contribution in [1.29, 1.82) is 0 Å². The maximum atomic E-state index is 9.77. The Kier molecular flexibility index (Phi) is 4.64. The number of aliphatic hydroxyl groups is 2. The van der Waals surface area contributed by atoms with Crippen LogP contribution >= 0.6 is 11.6 Å². The van der Waals surface area contributed by atoms with Crippen molar-refractivity contribution in [3.05, 3.63) is 58.6 Å². The first-order valence-corrected chi connectivity index (χ1v) is 7.59. The molecule has 0 bridgehead atoms. The van der Waals surface area contributed by atoms with Crippen molar-refractivity contribution in [2.24, 2.45) is 0 Å². The van der Waals surface area contributed by atoms with Gasteiger partial charge in [0.25, 0.3) is 0 Å². The fraction of sp³-hybridized carbons (Fsp3) is 0.294. The zero-order valence-electron chi connectivity index (χ0n) is 12.1. The number of hydrogen-bond acceptors (Lipinski definition) is 4. The first-order chi connectivity index (χ1) is 10.7. The number of halogens is 1. The lowest BCUT2D eigenvalue weighted by atomic mass is 10.1. The van der Waals surface area contributed by atoms with Crippen molar-refractivity contribution in [2.45, 2.75) is 19.2 Å². The lowest BCUT2D eigenvalue weighted by Crippen LogP contribution is -2.34. The number of hydrogen-bond donors (Lipinski definition) is 2. The van der Waals surface area contributed by atoms with Gasteiger partial charge in [-0.3, -0.25) is 4.90 Å². The Morgan fingerprint density at radius 3 is 2.64 bits per heavy atom. The van der Waals surface area contributed by atoms with E-state index < -0.39 is 6.10 Å². The summed E-state index contributed by atoms with van der Waals surface area (Å²) in [5.74, 6) is 1.56. The molecule has 0 saturated heterocycles. The van der Waals surface area contributed by atoms with E-state index in [1.54, 1.807) is 6.07 Å². The lowest BCUT2D eigenvalue weighted by molar-refractivity contribution is 0.0532. The van der Waals surface area contributed by atoms with Gasteiger partial charge in [0.15, 0.2) is 0 Å². The van der Waals surface area contributed by atoms with Gasteiger partial charge in [-0.15, -0.1) is 0 Å². The minimum atomic E-state index is -0.768. The van der Waals surface area contributed by atoms with Crippen LogP contribution in [0.15, 0.2) is 42.5 Å². The first-order valence-electron chi connectivity index (χ1n) is 7.21. The van der Waals surface area contributed by atoms with Crippen LogP contribution in [0.25, 0.3) is 0 Å². The summed E-state index contributed by atoms with van der Waals surface area (Å²) in [4.78, 5) is 2.08. The monoisotopic (exact) mass is 319 g/mol. The Balaban J connectivity index is 1.98. The van der Waals surface area contributed by atoms with Gasteiger partial charge in [0.2, 0.25) is 0 Å². The van der Waals surface area contributed by atoms with Gasteiger partial charge >= 0.3 is 0 Å². The topological polar surface area (TPSA) is 52.9 Å². The minimum Gasteiger partial charge on any atom is -0.457 e. The van der Waals surface area contributed by atoms with Gasteiger partial charge < -0.3 is 14.9 Å². The summed E-state index contributed by atoms with van der Waals surface area (Å²) < 4.78 is 6.02. The molecular weight excluding hydrogens is 302 g/mol. The number of fused-ring (bicyclic) bond motifs is 2. The molecule has 0 saturated carbocycles. The second kappa shape index (κ2) is 6.67. The summed E-state index contributed by atoms with van der Waals surface area (Å²) in [6.07, 6.45) is -0.768. The molecule has 3 rings (SSSR count). The summed E-state index contributed by atoms with van der Waals surface area (Å²) in [5.41, 5.74) is 2.01. The van der Waals surface area contributed by atoms with Gasteiger partial charge in [0.1, 0.15) is 11.5 Å². The van der Waals surface area contributed by atoms with Gasteiger partial charge in [0.05, 0.1) is 12.7 Å². The summed E-state index contributed by atoms with van der Waals surface area (Å²) in [6.45, 7) is 1.37. The molecule has 0 amide bonds. The third-order valence-corrected chi connectivity index (χ3v) is 3.92. The van der Waals surface area contributed by atoms with E-state index in [1.165, 1.54) is 0 Å². The van der Waals surface area contributed by atoms with Crippen molar-refractivity contribution in [3.8, 4) is 11.5 Å². The van der Waals surface area contributed by atoms with E-state index in [1.807, 2.05) is 36.4 Å². The molecule has 116 valence electrons. The van der Waals surface area contributed by atoms with E-state index >= 15 is 0 Å². The normalized spacial score (nSPS) is 16.0. The van der Waals surface area contributed by atoms with Crippen molar-refractivity contribution < 1.29 is 14.9 Å². The molecule has 0 aromatic heterocycles. The van der Waals surface area contributed by atoms with E-state index in [0.717, 1.165) is 22.6 Å². The van der Waals surface area contributed by atoms with Crippen molar-refractivity contribution >= 4 is 11.6 Å². The molecule has 2 aromatic rings. The number of ether oxygens (including phenoxy) is 1. The molecule has 4 nitrogen and oxygen atoms in total. The Labute approximate surface area is 134 Å². The van der Waals surface area contributed by atoms with Crippen LogP contribution in [-0.4, -0.2) is 34.4 Å². The Bertz CT molecular complexity index is 662. The summed E-state index contributed by atoms with van der Waals surface area (Å²) in [5, 5.41) is 19.5. The molecule has 0 spiro atoms. The van der Waals surface area contributed by atoms with Crippen LogP contribution in [0.5, 0.6) is 11.5 Å². The van der Waals surface area contributed by atoms with Crippen LogP contribution in [0, 0.1) is 0 Å². The third kappa shape index (κ3) is 3.42. The highest BCUT2D eigenvalue weighted by molar-refractivity contribution is 6.30. The van der Waals surface area contributed by atoms with Crippen LogP contribution in [0.4, 0.5) is 0 Å². The molecule has 2 N–H and O–H groups in total. The molecule has 0 aliphatic carbocycles. The number of rotatable bonds is 3. The standard InChI is InChI=1S/C17H18ClNO3/c18-14-5-6-17-13(7-14)9-19(10-15(21)11-20)8-12-3-1-2-4-16(12)22-17/h1-7,15,20-21H,8-11H2. The Hall–Kier alpha value is -1.59. The van der Waals surface area contributed by atoms with E-state index in [2.05, 4.69) is 4.90 Å². The van der Waals surface area contributed by atoms with E-state index in [0.29, 0.717) is 24.7 Å². The molecule has 1 heterocycles. The van der Waals surface area contributed by atoms with E-state index in [4.69, 9.17) is 21.4 Å². The predicted molar refractivity (Wildman–Crippen MR) is 85.2 cm³/mol. The molecule has 0 radical (unpaired) electrons. The smallest absolute Gasteiger partial charge is 0.132 e. The molecule has 2 aromatic carbocycles. The molecule has 0 fully saturated rings. The first kappa shape index (κ1) is 15.3. The van der Waals surface area contributed by atoms with Crippen molar-refractivity contribution in [3.63, 3.8) is 0 Å². The zero-order chi connectivity index (χ0) is 15.5. The summed E-state index contributed by atoms with van der Waals surface area (Å²) in [7, 11) is 0. The predicted octanol–water partition coefficient (Wildman–Crippen LogP) is 2.80. The van der Waals surface area contributed by atoms with Crippen molar-refractivity contribution in [2.75, 3.05) is 13.2 Å². The highest BCUT2D eigenvalue weighted by Crippen LogP contribution is 2.34. The van der Waals surface area contributed by atoms with Gasteiger partial charge in [-0.2, -0.15) is 0 Å². The average molecular weight is 320 g/mol. The van der Waals surface area contributed by atoms with Crippen LogP contribution in [-0.2, 0) is 13.1 Å². The van der Waals surface area contributed by atoms with Crippen LogP contribution in [0.3, 0.4) is 0 Å². The van der Waals surface area contributed by atoms with Gasteiger partial charge in [-0.05, 0) is 24.3 Å². The lowest BCUT2D eigenvalue weighted by Gasteiger charge is -2.28. The molecule has 1 aliphatic heterocycles. The maximum absolute atomic E-state index is 9.77. The molecule has 1 aliphatic rings. The Morgan fingerprint density at radius 2 is 1.82 bits per heavy atom. The number of benzene rings is 2. The van der Waals surface area contributed by atoms with E-state index in [9.17, 15) is 5.11 Å². The molecular formula is C17H18ClNO3. The second-order valence-corrected chi connectivity index (χ2v) is 5.90. The highest BCUT2D eigenvalue weighted by atomic mass is 35.5. The molecule has 22 heavy (non-hydrogen) atoms. The average Bonchev–Trinajstić information content (AvgIpc) is 2.49. The Morgan fingerprint density at radius 1 is 1.09 bits per heavy atom. The molecule has 5 heteroatoms. The van der Waals surface area contributed by atoms with Gasteiger partial charge in [0, 0.05) is 35.8 Å². The number of para-hydroxylation sites is 1. The van der Waals surface area contributed by atoms with Crippen LogP contribution < -0.4 is 4.74 Å². The number of β-amino-alcohol motifs (C(OH)–C–C–N with tert-alkyl or cyclic N) is 1. The zero-order valence-corrected chi connectivity index (χ0v) is 12.8. The molecule has 1 atom stereocenters. The molecule has 1 unspecified atom stereocenters. The number of nitrogens with zero attached hydrogens (tertiary/aromatic N) is 1. The maximum Gasteiger partial charge on any atom is 0.132 e. The largest absolute Gasteiger partial charge is 0.457 e. The fourth-order valence-corrected chi connectivity index (χ4v) is 2.84. The second-order valence-electron chi connectivity index (χ2n) is 5.47. The fourth-order valence-electron chi connectivity index (χ4n) is 2.65. The van der Waals surface area contributed by atoms with E-state index in [-0.39, 0.29) is 6.61 Å².